The number of fused-ring (bicyclic) bond motifs is 1. The molecule has 2 heterocycles. The van der Waals surface area contributed by atoms with Gasteiger partial charge in [-0.3, -0.25) is 4.99 Å². The van der Waals surface area contributed by atoms with Gasteiger partial charge in [0.25, 0.3) is 0 Å². The molecule has 0 spiro atoms. The van der Waals surface area contributed by atoms with E-state index in [0.717, 1.165) is 38.8 Å². The van der Waals surface area contributed by atoms with E-state index < -0.39 is 0 Å². The lowest BCUT2D eigenvalue weighted by Gasteiger charge is -2.07. The molecule has 1 aliphatic rings. The topological polar surface area (TPSA) is 48.1 Å². The van der Waals surface area contributed by atoms with Crippen LogP contribution in [0.3, 0.4) is 0 Å². The summed E-state index contributed by atoms with van der Waals surface area (Å²) in [6.07, 6.45) is 0. The molecule has 0 saturated carbocycles. The fraction of sp³-hybridized carbons (Fsp3) is 0.200. The van der Waals surface area contributed by atoms with E-state index in [2.05, 4.69) is 22.5 Å². The van der Waals surface area contributed by atoms with Crippen LogP contribution in [-0.2, 0) is 0 Å². The van der Waals surface area contributed by atoms with E-state index in [0.29, 0.717) is 6.54 Å². The Kier molecular flexibility index (Phi) is 4.58. The SMILES string of the molecule is CCN=c1scc(-c2ccccc2)n1N=C(C)c1ccc2c(c1)OCO2. The summed E-state index contributed by atoms with van der Waals surface area (Å²) >= 11 is 1.60. The summed E-state index contributed by atoms with van der Waals surface area (Å²) in [7, 11) is 0. The maximum Gasteiger partial charge on any atom is 0.231 e. The van der Waals surface area contributed by atoms with Crippen molar-refractivity contribution >= 4 is 17.0 Å². The number of nitrogens with zero attached hydrogens (tertiary/aromatic N) is 3. The van der Waals surface area contributed by atoms with Crippen LogP contribution >= 0.6 is 11.3 Å². The van der Waals surface area contributed by atoms with Gasteiger partial charge in [-0.15, -0.1) is 11.3 Å². The van der Waals surface area contributed by atoms with Crippen molar-refractivity contribution < 1.29 is 9.47 Å². The molecule has 0 aliphatic carbocycles. The molecule has 26 heavy (non-hydrogen) atoms. The van der Waals surface area contributed by atoms with Gasteiger partial charge >= 0.3 is 0 Å². The summed E-state index contributed by atoms with van der Waals surface area (Å²) in [5.74, 6) is 1.53. The minimum Gasteiger partial charge on any atom is -0.454 e. The molecule has 0 fully saturated rings. The Morgan fingerprint density at radius 2 is 1.92 bits per heavy atom. The molecule has 0 unspecified atom stereocenters. The van der Waals surface area contributed by atoms with Gasteiger partial charge in [0.15, 0.2) is 11.5 Å². The zero-order valence-corrected chi connectivity index (χ0v) is 15.5. The van der Waals surface area contributed by atoms with Crippen molar-refractivity contribution in [2.75, 3.05) is 13.3 Å². The number of thiazole rings is 1. The van der Waals surface area contributed by atoms with Crippen LogP contribution in [0.25, 0.3) is 11.3 Å². The molecule has 0 saturated heterocycles. The lowest BCUT2D eigenvalue weighted by Crippen LogP contribution is -2.14. The van der Waals surface area contributed by atoms with Crippen LogP contribution in [0.2, 0.25) is 0 Å². The second-order valence-corrected chi connectivity index (χ2v) is 6.65. The summed E-state index contributed by atoms with van der Waals surface area (Å²) < 4.78 is 12.8. The van der Waals surface area contributed by atoms with Crippen molar-refractivity contribution in [2.45, 2.75) is 13.8 Å². The number of rotatable bonds is 4. The Hall–Kier alpha value is -2.86. The van der Waals surface area contributed by atoms with Crippen molar-refractivity contribution in [1.82, 2.24) is 4.68 Å². The van der Waals surface area contributed by atoms with Crippen LogP contribution in [0.4, 0.5) is 0 Å². The average Bonchev–Trinajstić information content (AvgIpc) is 3.29. The first-order valence-electron chi connectivity index (χ1n) is 8.48. The first kappa shape index (κ1) is 16.6. The van der Waals surface area contributed by atoms with Crippen molar-refractivity contribution in [3.05, 3.63) is 64.3 Å². The lowest BCUT2D eigenvalue weighted by molar-refractivity contribution is 0.174. The van der Waals surface area contributed by atoms with Crippen LogP contribution < -0.4 is 14.3 Å². The Morgan fingerprint density at radius 3 is 2.73 bits per heavy atom. The summed E-state index contributed by atoms with van der Waals surface area (Å²) in [6, 6.07) is 16.1. The maximum absolute atomic E-state index is 5.48. The number of hydrogen-bond donors (Lipinski definition) is 0. The van der Waals surface area contributed by atoms with Gasteiger partial charge in [-0.2, -0.15) is 5.10 Å². The highest BCUT2D eigenvalue weighted by atomic mass is 32.1. The molecule has 3 aromatic rings. The van der Waals surface area contributed by atoms with Crippen LogP contribution in [0.15, 0.2) is 64.0 Å². The molecule has 0 radical (unpaired) electrons. The molecular weight excluding hydrogens is 346 g/mol. The molecule has 0 bridgehead atoms. The monoisotopic (exact) mass is 365 g/mol. The molecule has 0 N–H and O–H groups in total. The molecule has 4 rings (SSSR count). The molecule has 6 heteroatoms. The Labute approximate surface area is 155 Å². The largest absolute Gasteiger partial charge is 0.454 e. The summed E-state index contributed by atoms with van der Waals surface area (Å²) in [6.45, 7) is 5.01. The lowest BCUT2D eigenvalue weighted by atomic mass is 10.1. The van der Waals surface area contributed by atoms with E-state index in [1.807, 2.05) is 54.9 Å². The van der Waals surface area contributed by atoms with Gasteiger partial charge in [-0.1, -0.05) is 30.3 Å². The van der Waals surface area contributed by atoms with Gasteiger partial charge < -0.3 is 9.47 Å². The van der Waals surface area contributed by atoms with Crippen LogP contribution in [-0.4, -0.2) is 23.7 Å². The second kappa shape index (κ2) is 7.17. The zero-order chi connectivity index (χ0) is 17.9. The van der Waals surface area contributed by atoms with Gasteiger partial charge in [-0.05, 0) is 32.0 Å². The van der Waals surface area contributed by atoms with E-state index >= 15 is 0 Å². The minimum atomic E-state index is 0.270. The molecule has 1 aromatic heterocycles. The average molecular weight is 365 g/mol. The van der Waals surface area contributed by atoms with Crippen molar-refractivity contribution in [3.8, 4) is 22.8 Å². The molecule has 2 aromatic carbocycles. The summed E-state index contributed by atoms with van der Waals surface area (Å²) in [5, 5.41) is 6.96. The Morgan fingerprint density at radius 1 is 1.12 bits per heavy atom. The van der Waals surface area contributed by atoms with Crippen LogP contribution in [0.1, 0.15) is 19.4 Å². The van der Waals surface area contributed by atoms with E-state index in [-0.39, 0.29) is 6.79 Å². The normalized spacial score (nSPS) is 14.1. The molecular formula is C20H19N3O2S. The van der Waals surface area contributed by atoms with Gasteiger partial charge in [0.1, 0.15) is 0 Å². The Balaban J connectivity index is 1.80. The van der Waals surface area contributed by atoms with E-state index in [4.69, 9.17) is 14.6 Å². The van der Waals surface area contributed by atoms with E-state index in [1.54, 1.807) is 11.3 Å². The third kappa shape index (κ3) is 3.15. The Bertz CT molecular complexity index is 1020. The summed E-state index contributed by atoms with van der Waals surface area (Å²) in [5.41, 5.74) is 4.03. The van der Waals surface area contributed by atoms with E-state index in [1.165, 1.54) is 0 Å². The van der Waals surface area contributed by atoms with Gasteiger partial charge in [0.05, 0.1) is 11.4 Å². The highest BCUT2D eigenvalue weighted by molar-refractivity contribution is 7.07. The van der Waals surface area contributed by atoms with Crippen molar-refractivity contribution in [3.63, 3.8) is 0 Å². The van der Waals surface area contributed by atoms with Crippen LogP contribution in [0, 0.1) is 0 Å². The van der Waals surface area contributed by atoms with Crippen molar-refractivity contribution in [2.24, 2.45) is 10.1 Å². The maximum atomic E-state index is 5.48. The first-order chi connectivity index (χ1) is 12.8. The number of aromatic nitrogens is 1. The number of ether oxygens (including phenoxy) is 2. The fourth-order valence-corrected chi connectivity index (χ4v) is 3.67. The van der Waals surface area contributed by atoms with Gasteiger partial charge in [-0.25, -0.2) is 4.68 Å². The summed E-state index contributed by atoms with van der Waals surface area (Å²) in [4.78, 5) is 5.47. The predicted octanol–water partition coefficient (Wildman–Crippen LogP) is 4.14. The quantitative estimate of drug-likeness (QED) is 0.653. The van der Waals surface area contributed by atoms with E-state index in [9.17, 15) is 0 Å². The predicted molar refractivity (Wildman–Crippen MR) is 104 cm³/mol. The smallest absolute Gasteiger partial charge is 0.231 e. The third-order valence-corrected chi connectivity index (χ3v) is 4.94. The van der Waals surface area contributed by atoms with Crippen LogP contribution in [0.5, 0.6) is 11.5 Å². The second-order valence-electron chi connectivity index (χ2n) is 5.81. The molecule has 5 nitrogen and oxygen atoms in total. The zero-order valence-electron chi connectivity index (χ0n) is 14.7. The molecule has 132 valence electrons. The van der Waals surface area contributed by atoms with Crippen molar-refractivity contribution in [1.29, 1.82) is 0 Å². The number of benzene rings is 2. The molecule has 0 amide bonds. The highest BCUT2D eigenvalue weighted by Crippen LogP contribution is 2.32. The van der Waals surface area contributed by atoms with Gasteiger partial charge in [0.2, 0.25) is 11.6 Å². The minimum absolute atomic E-state index is 0.270. The third-order valence-electron chi connectivity index (χ3n) is 4.09. The fourth-order valence-electron chi connectivity index (χ4n) is 2.78. The molecule has 0 atom stereocenters. The van der Waals surface area contributed by atoms with Gasteiger partial charge in [0, 0.05) is 23.1 Å². The standard InChI is InChI=1S/C20H19N3O2S/c1-3-21-20-23(17(12-26-20)15-7-5-4-6-8-15)22-14(2)16-9-10-18-19(11-16)25-13-24-18/h4-12H,3,13H2,1-2H3. The highest BCUT2D eigenvalue weighted by Gasteiger charge is 2.15. The first-order valence-corrected chi connectivity index (χ1v) is 9.36. The number of hydrogen-bond acceptors (Lipinski definition) is 5. The molecule has 1 aliphatic heterocycles.